The van der Waals surface area contributed by atoms with E-state index in [4.69, 9.17) is 5.73 Å². The van der Waals surface area contributed by atoms with E-state index in [1.54, 1.807) is 6.20 Å². The first-order valence-electron chi connectivity index (χ1n) is 9.11. The largest absolute Gasteiger partial charge is 0.398 e. The normalized spacial score (nSPS) is 17.4. The van der Waals surface area contributed by atoms with E-state index in [1.807, 2.05) is 19.9 Å². The average Bonchev–Trinajstić information content (AvgIpc) is 3.31. The fourth-order valence-corrected chi connectivity index (χ4v) is 5.45. The summed E-state index contributed by atoms with van der Waals surface area (Å²) in [6.07, 6.45) is 6.60. The van der Waals surface area contributed by atoms with Gasteiger partial charge in [-0.1, -0.05) is 13.8 Å². The minimum atomic E-state index is -3.58. The first-order valence-corrected chi connectivity index (χ1v) is 10.6. The summed E-state index contributed by atoms with van der Waals surface area (Å²) >= 11 is 0. The zero-order valence-corrected chi connectivity index (χ0v) is 15.6. The van der Waals surface area contributed by atoms with E-state index in [2.05, 4.69) is 9.71 Å². The Kier molecular flexibility index (Phi) is 4.00. The van der Waals surface area contributed by atoms with Crippen LogP contribution in [0, 0.1) is 5.92 Å². The smallest absolute Gasteiger partial charge is 0.241 e. The van der Waals surface area contributed by atoms with Crippen molar-refractivity contribution in [1.29, 1.82) is 0 Å². The molecule has 0 unspecified atom stereocenters. The first-order chi connectivity index (χ1) is 11.9. The number of hydrogen-bond donors (Lipinski definition) is 2. The summed E-state index contributed by atoms with van der Waals surface area (Å²) in [5.74, 6) is 0.726. The van der Waals surface area contributed by atoms with Crippen molar-refractivity contribution in [3.05, 3.63) is 29.1 Å². The topological polar surface area (TPSA) is 85.1 Å². The number of fused-ring (bicyclic) bond motifs is 2. The van der Waals surface area contributed by atoms with Crippen LogP contribution in [0.25, 0.3) is 10.8 Å². The molecular weight excluding hydrogens is 334 g/mol. The Morgan fingerprint density at radius 3 is 2.64 bits per heavy atom. The minimum absolute atomic E-state index is 0.256. The van der Waals surface area contributed by atoms with Gasteiger partial charge in [0.2, 0.25) is 10.0 Å². The number of nitrogens with two attached hydrogens (primary N) is 1. The summed E-state index contributed by atoms with van der Waals surface area (Å²) in [6.45, 7) is 4.44. The summed E-state index contributed by atoms with van der Waals surface area (Å²) in [6, 6.07) is 1.96. The zero-order valence-electron chi connectivity index (χ0n) is 14.8. The van der Waals surface area contributed by atoms with E-state index >= 15 is 0 Å². The average molecular weight is 359 g/mol. The number of nitrogen functional groups attached to an aromatic ring is 1. The number of aromatic nitrogens is 1. The molecule has 1 heterocycles. The summed E-state index contributed by atoms with van der Waals surface area (Å²) in [4.78, 5) is 5.00. The second-order valence-electron chi connectivity index (χ2n) is 7.73. The van der Waals surface area contributed by atoms with Gasteiger partial charge in [0, 0.05) is 40.8 Å². The third-order valence-electron chi connectivity index (χ3n) is 5.22. The maximum Gasteiger partial charge on any atom is 0.241 e. The molecule has 1 fully saturated rings. The van der Waals surface area contributed by atoms with Gasteiger partial charge in [0.05, 0.1) is 4.90 Å². The van der Waals surface area contributed by atoms with Crippen LogP contribution in [0.1, 0.15) is 55.8 Å². The predicted molar refractivity (Wildman–Crippen MR) is 100 cm³/mol. The second kappa shape index (κ2) is 5.95. The molecule has 0 saturated heterocycles. The van der Waals surface area contributed by atoms with Gasteiger partial charge in [-0.3, -0.25) is 4.98 Å². The Morgan fingerprint density at radius 1 is 1.24 bits per heavy atom. The minimum Gasteiger partial charge on any atom is -0.398 e. The third kappa shape index (κ3) is 2.91. The molecule has 2 aliphatic rings. The van der Waals surface area contributed by atoms with E-state index in [-0.39, 0.29) is 5.92 Å². The Hall–Kier alpha value is -1.66. The number of nitrogens with zero attached hydrogens (tertiary/aromatic N) is 1. The number of hydrogen-bond acceptors (Lipinski definition) is 4. The van der Waals surface area contributed by atoms with E-state index in [0.29, 0.717) is 23.0 Å². The van der Waals surface area contributed by atoms with Crippen LogP contribution in [0.5, 0.6) is 0 Å². The highest BCUT2D eigenvalue weighted by atomic mass is 32.2. The van der Waals surface area contributed by atoms with Crippen molar-refractivity contribution in [3.63, 3.8) is 0 Å². The predicted octanol–water partition coefficient (Wildman–Crippen LogP) is 3.12. The second-order valence-corrected chi connectivity index (χ2v) is 9.43. The summed E-state index contributed by atoms with van der Waals surface area (Å²) in [5, 5.41) is 1.52. The number of sulfonamides is 1. The Labute approximate surface area is 149 Å². The standard InChI is InChI=1S/C19H25N3O2S/c1-11(2)9-22-25(23,24)19-14-5-3-4-13(14)18(20)16-10-21-17(8-15(16)19)12-6-7-12/h8,10-12,22H,3-7,9,20H2,1-2H3. The highest BCUT2D eigenvalue weighted by Gasteiger charge is 2.31. The lowest BCUT2D eigenvalue weighted by Crippen LogP contribution is -2.28. The van der Waals surface area contributed by atoms with Crippen LogP contribution in [0.4, 0.5) is 5.69 Å². The first kappa shape index (κ1) is 16.8. The van der Waals surface area contributed by atoms with Crippen LogP contribution in [0.2, 0.25) is 0 Å². The SMILES string of the molecule is CC(C)CNS(=O)(=O)c1c2c(c(N)c3cnc(C4CC4)cc13)CCC2. The van der Waals surface area contributed by atoms with Crippen LogP contribution >= 0.6 is 0 Å². The van der Waals surface area contributed by atoms with Gasteiger partial charge in [-0.25, -0.2) is 13.1 Å². The van der Waals surface area contributed by atoms with Gasteiger partial charge in [-0.05, 0) is 55.2 Å². The molecule has 5 nitrogen and oxygen atoms in total. The highest BCUT2D eigenvalue weighted by Crippen LogP contribution is 2.43. The molecule has 1 saturated carbocycles. The monoisotopic (exact) mass is 359 g/mol. The number of pyridine rings is 1. The molecule has 3 N–H and O–H groups in total. The molecule has 0 bridgehead atoms. The quantitative estimate of drug-likeness (QED) is 0.803. The maximum atomic E-state index is 13.1. The van der Waals surface area contributed by atoms with Crippen molar-refractivity contribution in [3.8, 4) is 0 Å². The van der Waals surface area contributed by atoms with E-state index in [1.165, 1.54) is 0 Å². The van der Waals surface area contributed by atoms with E-state index in [0.717, 1.165) is 59.7 Å². The Bertz CT molecular complexity index is 947. The van der Waals surface area contributed by atoms with Gasteiger partial charge < -0.3 is 5.73 Å². The summed E-state index contributed by atoms with van der Waals surface area (Å²) in [5.41, 5.74) is 10.0. The Morgan fingerprint density at radius 2 is 1.96 bits per heavy atom. The molecule has 25 heavy (non-hydrogen) atoms. The maximum absolute atomic E-state index is 13.1. The number of nitrogens with one attached hydrogen (secondary N) is 1. The van der Waals surface area contributed by atoms with Crippen LogP contribution < -0.4 is 10.5 Å². The number of benzene rings is 1. The van der Waals surface area contributed by atoms with Crippen molar-refractivity contribution in [1.82, 2.24) is 9.71 Å². The van der Waals surface area contributed by atoms with Crippen LogP contribution in [0.15, 0.2) is 17.2 Å². The molecule has 134 valence electrons. The molecule has 0 atom stereocenters. The van der Waals surface area contributed by atoms with Gasteiger partial charge in [0.15, 0.2) is 0 Å². The van der Waals surface area contributed by atoms with Crippen molar-refractivity contribution in [2.75, 3.05) is 12.3 Å². The van der Waals surface area contributed by atoms with Crippen molar-refractivity contribution in [2.24, 2.45) is 5.92 Å². The van der Waals surface area contributed by atoms with Gasteiger partial charge >= 0.3 is 0 Å². The van der Waals surface area contributed by atoms with Crippen LogP contribution in [-0.4, -0.2) is 19.9 Å². The lowest BCUT2D eigenvalue weighted by atomic mass is 10.0. The van der Waals surface area contributed by atoms with Crippen molar-refractivity contribution >= 4 is 26.5 Å². The zero-order chi connectivity index (χ0) is 17.8. The summed E-state index contributed by atoms with van der Waals surface area (Å²) in [7, 11) is -3.58. The summed E-state index contributed by atoms with van der Waals surface area (Å²) < 4.78 is 29.1. The molecule has 4 rings (SSSR count). The number of rotatable bonds is 5. The van der Waals surface area contributed by atoms with Gasteiger partial charge in [-0.15, -0.1) is 0 Å². The third-order valence-corrected chi connectivity index (χ3v) is 6.77. The van der Waals surface area contributed by atoms with Crippen LogP contribution in [-0.2, 0) is 22.9 Å². The van der Waals surface area contributed by atoms with Crippen molar-refractivity contribution < 1.29 is 8.42 Å². The highest BCUT2D eigenvalue weighted by molar-refractivity contribution is 7.89. The molecule has 0 amide bonds. The van der Waals surface area contributed by atoms with Gasteiger partial charge in [0.25, 0.3) is 0 Å². The van der Waals surface area contributed by atoms with Crippen molar-refractivity contribution in [2.45, 2.75) is 56.8 Å². The fourth-order valence-electron chi connectivity index (χ4n) is 3.75. The van der Waals surface area contributed by atoms with Crippen LogP contribution in [0.3, 0.4) is 0 Å². The lowest BCUT2D eigenvalue weighted by molar-refractivity contribution is 0.560. The molecule has 2 aliphatic carbocycles. The molecule has 1 aromatic carbocycles. The molecule has 0 radical (unpaired) electrons. The fraction of sp³-hybridized carbons (Fsp3) is 0.526. The Balaban J connectivity index is 1.97. The number of anilines is 1. The molecular formula is C19H25N3O2S. The molecule has 1 aromatic heterocycles. The molecule has 0 spiro atoms. The van der Waals surface area contributed by atoms with E-state index < -0.39 is 10.0 Å². The molecule has 2 aromatic rings. The lowest BCUT2D eigenvalue weighted by Gasteiger charge is -2.18. The van der Waals surface area contributed by atoms with Gasteiger partial charge in [-0.2, -0.15) is 0 Å². The van der Waals surface area contributed by atoms with E-state index in [9.17, 15) is 8.42 Å². The molecule has 6 heteroatoms. The molecule has 0 aliphatic heterocycles. The van der Waals surface area contributed by atoms with Gasteiger partial charge in [0.1, 0.15) is 0 Å².